The summed E-state index contributed by atoms with van der Waals surface area (Å²) in [4.78, 5) is 57.8. The average Bonchev–Trinajstić information content (AvgIpc) is 3.70. The molecule has 10 heteroatoms. The van der Waals surface area contributed by atoms with E-state index in [1.807, 2.05) is 44.2 Å². The molecule has 3 aromatic rings. The number of ether oxygens (including phenoxy) is 1. The molecule has 3 fully saturated rings. The van der Waals surface area contributed by atoms with E-state index >= 15 is 0 Å². The fourth-order valence-corrected chi connectivity index (χ4v) is 11.1. The highest BCUT2D eigenvalue weighted by atomic mass is 32.2. The summed E-state index contributed by atoms with van der Waals surface area (Å²) in [6.07, 6.45) is 0.975. The average molecular weight is 619 g/mol. The SMILES string of the molecule is Cc1ccccc1COc1ccccc1[C@H]1c2sc(=O)[nH]c2SC2C3CC(C4C(=O)N(C(CC(C)C)C(=O)O)C(=O)C34)C21. The molecule has 2 aliphatic carbocycles. The summed E-state index contributed by atoms with van der Waals surface area (Å²) in [7, 11) is 0. The zero-order valence-corrected chi connectivity index (χ0v) is 25.8. The lowest BCUT2D eigenvalue weighted by Gasteiger charge is -2.43. The zero-order chi connectivity index (χ0) is 30.2. The topological polar surface area (TPSA) is 117 Å². The number of nitrogens with one attached hydrogen (secondary N) is 1. The first-order valence-corrected chi connectivity index (χ1v) is 16.6. The molecule has 2 bridgehead atoms. The van der Waals surface area contributed by atoms with E-state index in [1.165, 1.54) is 11.3 Å². The number of carboxylic acid groups (broad SMARTS) is 1. The Morgan fingerprint density at radius 2 is 1.74 bits per heavy atom. The van der Waals surface area contributed by atoms with Gasteiger partial charge in [0.15, 0.2) is 0 Å². The number of hydrogen-bond donors (Lipinski definition) is 2. The van der Waals surface area contributed by atoms with Gasteiger partial charge in [-0.1, -0.05) is 67.6 Å². The smallest absolute Gasteiger partial charge is 0.326 e. The molecule has 2 N–H and O–H groups in total. The molecule has 7 unspecified atom stereocenters. The van der Waals surface area contributed by atoms with Crippen LogP contribution in [0.1, 0.15) is 54.2 Å². The Bertz CT molecular complexity index is 1680. The fourth-order valence-electron chi connectivity index (χ4n) is 8.25. The van der Waals surface area contributed by atoms with Crippen molar-refractivity contribution in [3.05, 3.63) is 79.8 Å². The van der Waals surface area contributed by atoms with E-state index in [0.717, 1.165) is 43.7 Å². The van der Waals surface area contributed by atoms with Gasteiger partial charge in [0.25, 0.3) is 0 Å². The normalized spacial score (nSPS) is 29.5. The van der Waals surface area contributed by atoms with Gasteiger partial charge in [0.05, 0.1) is 16.9 Å². The number of aryl methyl sites for hydroxylation is 1. The number of carboxylic acids is 1. The van der Waals surface area contributed by atoms with Crippen LogP contribution in [0.15, 0.2) is 58.4 Å². The highest BCUT2D eigenvalue weighted by Crippen LogP contribution is 2.69. The molecule has 2 aromatic carbocycles. The molecule has 43 heavy (non-hydrogen) atoms. The van der Waals surface area contributed by atoms with E-state index < -0.39 is 23.8 Å². The monoisotopic (exact) mass is 618 g/mol. The Labute approximate surface area is 257 Å². The molecule has 8 atom stereocenters. The molecule has 1 saturated heterocycles. The Balaban J connectivity index is 1.27. The van der Waals surface area contributed by atoms with Crippen LogP contribution in [0.5, 0.6) is 5.75 Å². The summed E-state index contributed by atoms with van der Waals surface area (Å²) in [5.74, 6) is -2.44. The van der Waals surface area contributed by atoms with Gasteiger partial charge in [-0.2, -0.15) is 0 Å². The summed E-state index contributed by atoms with van der Waals surface area (Å²) in [5.41, 5.74) is 3.21. The van der Waals surface area contributed by atoms with Gasteiger partial charge < -0.3 is 14.8 Å². The second kappa shape index (κ2) is 10.7. The van der Waals surface area contributed by atoms with Crippen LogP contribution in [-0.4, -0.2) is 44.1 Å². The number of aliphatic carboxylic acids is 1. The van der Waals surface area contributed by atoms with E-state index in [9.17, 15) is 24.3 Å². The first-order chi connectivity index (χ1) is 20.7. The minimum atomic E-state index is -1.15. The van der Waals surface area contributed by atoms with Gasteiger partial charge in [-0.3, -0.25) is 19.3 Å². The van der Waals surface area contributed by atoms with Gasteiger partial charge in [0, 0.05) is 21.6 Å². The first-order valence-electron chi connectivity index (χ1n) is 14.9. The third-order valence-corrected chi connectivity index (χ3v) is 12.5. The number of amides is 2. The van der Waals surface area contributed by atoms with Gasteiger partial charge in [0.1, 0.15) is 18.4 Å². The number of nitrogens with zero attached hydrogens (tertiary/aromatic N) is 1. The van der Waals surface area contributed by atoms with Crippen molar-refractivity contribution in [3.63, 3.8) is 0 Å². The molecule has 0 spiro atoms. The van der Waals surface area contributed by atoms with E-state index in [1.54, 1.807) is 11.8 Å². The summed E-state index contributed by atoms with van der Waals surface area (Å²) < 4.78 is 6.46. The number of imide groups is 1. The van der Waals surface area contributed by atoms with E-state index in [0.29, 0.717) is 6.61 Å². The third kappa shape index (κ3) is 4.47. The van der Waals surface area contributed by atoms with Crippen molar-refractivity contribution in [1.82, 2.24) is 9.88 Å². The number of H-pyrrole nitrogens is 1. The maximum Gasteiger partial charge on any atom is 0.326 e. The van der Waals surface area contributed by atoms with E-state index in [2.05, 4.69) is 30.1 Å². The van der Waals surface area contributed by atoms with Crippen LogP contribution >= 0.6 is 23.1 Å². The van der Waals surface area contributed by atoms with Crippen LogP contribution in [0.25, 0.3) is 0 Å². The summed E-state index contributed by atoms with van der Waals surface area (Å²) in [6.45, 7) is 6.26. The molecule has 2 saturated carbocycles. The molecule has 7 rings (SSSR count). The van der Waals surface area contributed by atoms with Crippen molar-refractivity contribution in [2.24, 2.45) is 35.5 Å². The van der Waals surface area contributed by atoms with Gasteiger partial charge in [-0.05, 0) is 60.6 Å². The van der Waals surface area contributed by atoms with Crippen molar-refractivity contribution in [1.29, 1.82) is 0 Å². The second-order valence-corrected chi connectivity index (χ2v) is 14.9. The quantitative estimate of drug-likeness (QED) is 0.329. The molecular formula is C33H34N2O6S2. The minimum Gasteiger partial charge on any atom is -0.489 e. The lowest BCUT2D eigenvalue weighted by atomic mass is 9.68. The van der Waals surface area contributed by atoms with Crippen molar-refractivity contribution in [2.45, 2.75) is 62.5 Å². The Hall–Kier alpha value is -3.37. The first kappa shape index (κ1) is 28.4. The maximum absolute atomic E-state index is 14.0. The van der Waals surface area contributed by atoms with Crippen LogP contribution in [-0.2, 0) is 21.0 Å². The number of hydrogen-bond acceptors (Lipinski definition) is 7. The van der Waals surface area contributed by atoms with Gasteiger partial charge in [-0.25, -0.2) is 4.79 Å². The lowest BCUT2D eigenvalue weighted by Crippen LogP contribution is -2.47. The van der Waals surface area contributed by atoms with Gasteiger partial charge in [-0.15, -0.1) is 11.8 Å². The number of thioether (sulfide) groups is 1. The van der Waals surface area contributed by atoms with E-state index in [4.69, 9.17) is 4.74 Å². The number of aromatic amines is 1. The molecule has 0 radical (unpaired) electrons. The molecule has 2 amide bonds. The van der Waals surface area contributed by atoms with Crippen LogP contribution < -0.4 is 9.61 Å². The summed E-state index contributed by atoms with van der Waals surface area (Å²) in [5, 5.41) is 10.9. The predicted octanol–water partition coefficient (Wildman–Crippen LogP) is 5.30. The number of carbonyl (C=O) groups is 3. The number of benzene rings is 2. The van der Waals surface area contributed by atoms with Crippen molar-refractivity contribution < 1.29 is 24.2 Å². The number of thiazole rings is 1. The fraction of sp³-hybridized carbons (Fsp3) is 0.455. The Kier molecular flexibility index (Phi) is 7.04. The summed E-state index contributed by atoms with van der Waals surface area (Å²) in [6, 6.07) is 14.9. The van der Waals surface area contributed by atoms with Gasteiger partial charge >= 0.3 is 10.8 Å². The van der Waals surface area contributed by atoms with E-state index in [-0.39, 0.29) is 57.9 Å². The Morgan fingerprint density at radius 3 is 2.47 bits per heavy atom. The number of fused-ring (bicyclic) bond motifs is 9. The van der Waals surface area contributed by atoms with Crippen LogP contribution in [0, 0.1) is 42.4 Å². The van der Waals surface area contributed by atoms with Gasteiger partial charge in [0.2, 0.25) is 11.8 Å². The molecule has 8 nitrogen and oxygen atoms in total. The maximum atomic E-state index is 14.0. The number of para-hydroxylation sites is 1. The zero-order valence-electron chi connectivity index (χ0n) is 24.2. The van der Waals surface area contributed by atoms with Crippen LogP contribution in [0.2, 0.25) is 0 Å². The lowest BCUT2D eigenvalue weighted by molar-refractivity contribution is -0.156. The highest BCUT2D eigenvalue weighted by molar-refractivity contribution is 8.00. The number of rotatable bonds is 8. The number of aromatic nitrogens is 1. The molecule has 224 valence electrons. The van der Waals surface area contributed by atoms with Crippen LogP contribution in [0.4, 0.5) is 0 Å². The van der Waals surface area contributed by atoms with Crippen molar-refractivity contribution in [2.75, 3.05) is 0 Å². The van der Waals surface area contributed by atoms with Crippen molar-refractivity contribution >= 4 is 40.9 Å². The number of likely N-dealkylation sites (tertiary alicyclic amines) is 1. The molecule has 3 heterocycles. The summed E-state index contributed by atoms with van der Waals surface area (Å²) >= 11 is 2.83. The highest BCUT2D eigenvalue weighted by Gasteiger charge is 2.70. The molecule has 1 aromatic heterocycles. The predicted molar refractivity (Wildman–Crippen MR) is 163 cm³/mol. The largest absolute Gasteiger partial charge is 0.489 e. The number of carbonyl (C=O) groups excluding carboxylic acids is 2. The molecule has 4 aliphatic rings. The third-order valence-electron chi connectivity index (χ3n) is 9.95. The minimum absolute atomic E-state index is 0.00323. The standard InChI is InChI=1S/C33H34N2O6S2/c1-15(2)12-21(32(38)39)35-30(36)25-19-13-20(26(25)31(35)37)27-24(19)23(28-29(42-27)34-33(40)43-28)18-10-6-7-11-22(18)41-14-17-9-5-4-8-16(17)3/h4-11,15,19-21,23-27H,12-14H2,1-3H3,(H,34,40)(H,38,39)/t19?,20?,21?,23-,24?,25?,26?,27?/m1/s1. The van der Waals surface area contributed by atoms with Crippen molar-refractivity contribution in [3.8, 4) is 5.75 Å². The molecule has 2 aliphatic heterocycles. The second-order valence-electron chi connectivity index (χ2n) is 12.7. The van der Waals surface area contributed by atoms with Crippen LogP contribution in [0.3, 0.4) is 0 Å². The Morgan fingerprint density at radius 1 is 1.05 bits per heavy atom. The molecular weight excluding hydrogens is 585 g/mol.